The lowest BCUT2D eigenvalue weighted by Crippen LogP contribution is -2.30. The lowest BCUT2D eigenvalue weighted by molar-refractivity contribution is -0.119. The number of H-pyrrole nitrogens is 1. The van der Waals surface area contributed by atoms with Crippen LogP contribution in [0.3, 0.4) is 0 Å². The van der Waals surface area contributed by atoms with Crippen LogP contribution in [0.4, 0.5) is 0 Å². The van der Waals surface area contributed by atoms with E-state index >= 15 is 0 Å². The van der Waals surface area contributed by atoms with Gasteiger partial charge in [0.1, 0.15) is 0 Å². The van der Waals surface area contributed by atoms with Gasteiger partial charge in [-0.25, -0.2) is 4.98 Å². The molecule has 1 aromatic heterocycles. The minimum atomic E-state index is -0.233. The van der Waals surface area contributed by atoms with Gasteiger partial charge in [-0.2, -0.15) is 0 Å². The van der Waals surface area contributed by atoms with Crippen molar-refractivity contribution >= 4 is 40.9 Å². The van der Waals surface area contributed by atoms with Crippen LogP contribution in [0.1, 0.15) is 17.2 Å². The van der Waals surface area contributed by atoms with Crippen molar-refractivity contribution in [1.29, 1.82) is 0 Å². The van der Waals surface area contributed by atoms with E-state index in [-0.39, 0.29) is 17.7 Å². The Balaban J connectivity index is 1.44. The summed E-state index contributed by atoms with van der Waals surface area (Å²) in [5.41, 5.74) is 2.69. The van der Waals surface area contributed by atoms with Crippen LogP contribution < -0.4 is 5.32 Å². The van der Waals surface area contributed by atoms with Crippen LogP contribution in [-0.2, 0) is 4.79 Å². The third-order valence-electron chi connectivity index (χ3n) is 4.55. The van der Waals surface area contributed by atoms with Gasteiger partial charge in [0.15, 0.2) is 5.82 Å². The van der Waals surface area contributed by atoms with E-state index in [1.165, 1.54) is 11.8 Å². The summed E-state index contributed by atoms with van der Waals surface area (Å²) in [5, 5.41) is 11.7. The fourth-order valence-electron chi connectivity index (χ4n) is 3.09. The van der Waals surface area contributed by atoms with Crippen LogP contribution in [0.2, 0.25) is 10.0 Å². The predicted molar refractivity (Wildman–Crippen MR) is 125 cm³/mol. The Morgan fingerprint density at radius 3 is 2.26 bits per heavy atom. The van der Waals surface area contributed by atoms with Gasteiger partial charge in [-0.15, -0.1) is 5.10 Å². The Labute approximate surface area is 194 Å². The molecule has 31 heavy (non-hydrogen) atoms. The molecule has 0 atom stereocenters. The minimum absolute atomic E-state index is 0.116. The minimum Gasteiger partial charge on any atom is -0.344 e. The summed E-state index contributed by atoms with van der Waals surface area (Å²) in [6, 6.07) is 24.7. The summed E-state index contributed by atoms with van der Waals surface area (Å²) >= 11 is 13.5. The van der Waals surface area contributed by atoms with Crippen molar-refractivity contribution in [3.63, 3.8) is 0 Å². The molecule has 5 nitrogen and oxygen atoms in total. The molecule has 1 heterocycles. The first-order valence-corrected chi connectivity index (χ1v) is 11.2. The summed E-state index contributed by atoms with van der Waals surface area (Å²) in [4.78, 5) is 17.1. The van der Waals surface area contributed by atoms with Crippen molar-refractivity contribution in [1.82, 2.24) is 20.5 Å². The van der Waals surface area contributed by atoms with Gasteiger partial charge in [0.05, 0.1) is 16.8 Å². The molecular weight excluding hydrogens is 451 g/mol. The maximum atomic E-state index is 12.7. The summed E-state index contributed by atoms with van der Waals surface area (Å²) in [7, 11) is 0. The lowest BCUT2D eigenvalue weighted by Gasteiger charge is -2.19. The summed E-state index contributed by atoms with van der Waals surface area (Å²) in [6.07, 6.45) is 0. The molecule has 4 aromatic rings. The number of hydrogen-bond acceptors (Lipinski definition) is 4. The average molecular weight is 469 g/mol. The van der Waals surface area contributed by atoms with E-state index in [0.717, 1.165) is 11.1 Å². The fourth-order valence-corrected chi connectivity index (χ4v) is 4.08. The molecule has 4 rings (SSSR count). The van der Waals surface area contributed by atoms with E-state index < -0.39 is 0 Å². The number of benzene rings is 3. The maximum Gasteiger partial charge on any atom is 0.231 e. The predicted octanol–water partition coefficient (Wildman–Crippen LogP) is 5.78. The molecule has 0 bridgehead atoms. The first-order valence-electron chi connectivity index (χ1n) is 9.50. The second-order valence-corrected chi connectivity index (χ2v) is 8.49. The van der Waals surface area contributed by atoms with Gasteiger partial charge in [-0.3, -0.25) is 9.89 Å². The number of amides is 1. The largest absolute Gasteiger partial charge is 0.344 e. The molecule has 0 fully saturated rings. The zero-order valence-electron chi connectivity index (χ0n) is 16.3. The fraction of sp³-hybridized carbons (Fsp3) is 0.0870. The van der Waals surface area contributed by atoms with Gasteiger partial charge < -0.3 is 5.32 Å². The number of nitrogens with zero attached hydrogens (tertiary/aromatic N) is 2. The number of nitrogens with one attached hydrogen (secondary N) is 2. The van der Waals surface area contributed by atoms with Crippen molar-refractivity contribution in [2.75, 3.05) is 5.75 Å². The Morgan fingerprint density at radius 1 is 0.968 bits per heavy atom. The van der Waals surface area contributed by atoms with Crippen LogP contribution in [-0.4, -0.2) is 26.8 Å². The molecule has 0 aliphatic rings. The van der Waals surface area contributed by atoms with E-state index in [9.17, 15) is 4.79 Å². The number of halogens is 2. The monoisotopic (exact) mass is 468 g/mol. The summed E-state index contributed by atoms with van der Waals surface area (Å²) < 4.78 is 0. The number of carbonyl (C=O) groups is 1. The number of thioether (sulfide) groups is 1. The highest BCUT2D eigenvalue weighted by atomic mass is 35.5. The Hall–Kier alpha value is -2.80. The maximum absolute atomic E-state index is 12.7. The number of carbonyl (C=O) groups excluding carboxylic acids is 1. The second kappa shape index (κ2) is 10.0. The molecule has 1 amide bonds. The molecule has 3 aromatic carbocycles. The summed E-state index contributed by atoms with van der Waals surface area (Å²) in [5.74, 6) is 0.563. The molecule has 0 aliphatic carbocycles. The van der Waals surface area contributed by atoms with Crippen molar-refractivity contribution in [3.05, 3.63) is 100 Å². The average Bonchev–Trinajstić information content (AvgIpc) is 3.28. The molecule has 2 N–H and O–H groups in total. The molecule has 8 heteroatoms. The first kappa shape index (κ1) is 21.4. The number of aromatic amines is 1. The van der Waals surface area contributed by atoms with E-state index in [0.29, 0.717) is 26.6 Å². The van der Waals surface area contributed by atoms with Gasteiger partial charge >= 0.3 is 0 Å². The van der Waals surface area contributed by atoms with Gasteiger partial charge in [0.2, 0.25) is 11.1 Å². The molecule has 0 spiro atoms. The van der Waals surface area contributed by atoms with Gasteiger partial charge in [-0.05, 0) is 29.3 Å². The van der Waals surface area contributed by atoms with Crippen LogP contribution in [0, 0.1) is 0 Å². The zero-order valence-corrected chi connectivity index (χ0v) is 18.6. The van der Waals surface area contributed by atoms with E-state index in [4.69, 9.17) is 23.2 Å². The first-order chi connectivity index (χ1) is 15.1. The van der Waals surface area contributed by atoms with Gasteiger partial charge in [-0.1, -0.05) is 95.6 Å². The standard InChI is InChI=1S/C23H18Cl2N4OS/c24-17-11-12-19(25)18(13-17)22-27-23(29-28-22)31-14-20(30)26-21(15-7-3-1-4-8-15)16-9-5-2-6-10-16/h1-13,21H,14H2,(H,26,30)(H,27,28,29). The SMILES string of the molecule is O=C(CSc1n[nH]c(-c2cc(Cl)ccc2Cl)n1)NC(c1ccccc1)c1ccccc1. The molecule has 0 saturated heterocycles. The van der Waals surface area contributed by atoms with E-state index in [1.54, 1.807) is 18.2 Å². The van der Waals surface area contributed by atoms with Crippen LogP contribution >= 0.6 is 35.0 Å². The quantitative estimate of drug-likeness (QED) is 0.337. The topological polar surface area (TPSA) is 70.7 Å². The van der Waals surface area contributed by atoms with Crippen molar-refractivity contribution in [3.8, 4) is 11.4 Å². The van der Waals surface area contributed by atoms with Crippen molar-refractivity contribution in [2.24, 2.45) is 0 Å². The highest BCUT2D eigenvalue weighted by molar-refractivity contribution is 7.99. The Bertz CT molecular complexity index is 1130. The third kappa shape index (κ3) is 5.47. The van der Waals surface area contributed by atoms with Crippen LogP contribution in [0.5, 0.6) is 0 Å². The number of hydrogen-bond donors (Lipinski definition) is 2. The highest BCUT2D eigenvalue weighted by Gasteiger charge is 2.18. The lowest BCUT2D eigenvalue weighted by atomic mass is 9.99. The number of aromatic nitrogens is 3. The Morgan fingerprint density at radius 2 is 1.61 bits per heavy atom. The van der Waals surface area contributed by atoms with Gasteiger partial charge in [0.25, 0.3) is 0 Å². The highest BCUT2D eigenvalue weighted by Crippen LogP contribution is 2.29. The van der Waals surface area contributed by atoms with Gasteiger partial charge in [0, 0.05) is 10.6 Å². The molecule has 156 valence electrons. The number of rotatable bonds is 7. The Kier molecular flexibility index (Phi) is 6.92. The van der Waals surface area contributed by atoms with Crippen LogP contribution in [0.15, 0.2) is 84.0 Å². The molecule has 0 radical (unpaired) electrons. The molecule has 0 unspecified atom stereocenters. The summed E-state index contributed by atoms with van der Waals surface area (Å²) in [6.45, 7) is 0. The normalized spacial score (nSPS) is 10.9. The van der Waals surface area contributed by atoms with Crippen molar-refractivity contribution in [2.45, 2.75) is 11.2 Å². The van der Waals surface area contributed by atoms with Crippen molar-refractivity contribution < 1.29 is 4.79 Å². The van der Waals surface area contributed by atoms with E-state index in [2.05, 4.69) is 20.5 Å². The molecular formula is C23H18Cl2N4OS. The third-order valence-corrected chi connectivity index (χ3v) is 5.96. The molecule has 0 aliphatic heterocycles. The second-order valence-electron chi connectivity index (χ2n) is 6.70. The molecule has 0 saturated carbocycles. The zero-order chi connectivity index (χ0) is 21.6. The smallest absolute Gasteiger partial charge is 0.231 e. The van der Waals surface area contributed by atoms with Crippen LogP contribution in [0.25, 0.3) is 11.4 Å². The van der Waals surface area contributed by atoms with E-state index in [1.807, 2.05) is 60.7 Å².